The van der Waals surface area contributed by atoms with E-state index in [-0.39, 0.29) is 0 Å². The van der Waals surface area contributed by atoms with E-state index in [2.05, 4.69) is 48.3 Å². The van der Waals surface area contributed by atoms with E-state index >= 15 is 0 Å². The topological polar surface area (TPSA) is 15.3 Å². The summed E-state index contributed by atoms with van der Waals surface area (Å²) in [5.74, 6) is 0.902. The maximum absolute atomic E-state index is 3.44. The van der Waals surface area contributed by atoms with Crippen molar-refractivity contribution in [1.82, 2.24) is 5.32 Å². The number of nitrogens with one attached hydrogen (secondary N) is 1. The molecule has 2 heteroatoms. The van der Waals surface area contributed by atoms with E-state index in [1.807, 2.05) is 0 Å². The molecule has 0 spiro atoms. The van der Waals surface area contributed by atoms with E-state index in [1.165, 1.54) is 43.6 Å². The third-order valence-electron chi connectivity index (χ3n) is 3.84. The van der Waals surface area contributed by atoms with E-state index in [0.29, 0.717) is 0 Å². The molecule has 2 rings (SSSR count). The number of anilines is 1. The first-order valence-electron chi connectivity index (χ1n) is 7.34. The molecule has 0 unspecified atom stereocenters. The predicted octanol–water partition coefficient (Wildman–Crippen LogP) is 3.42. The van der Waals surface area contributed by atoms with Gasteiger partial charge in [0.2, 0.25) is 0 Å². The molecule has 1 saturated heterocycles. The van der Waals surface area contributed by atoms with Crippen molar-refractivity contribution < 1.29 is 0 Å². The summed E-state index contributed by atoms with van der Waals surface area (Å²) < 4.78 is 0. The van der Waals surface area contributed by atoms with E-state index < -0.39 is 0 Å². The molecule has 2 nitrogen and oxygen atoms in total. The fourth-order valence-corrected chi connectivity index (χ4v) is 2.50. The van der Waals surface area contributed by atoms with Crippen molar-refractivity contribution in [2.75, 3.05) is 24.5 Å². The number of hydrogen-bond donors (Lipinski definition) is 1. The lowest BCUT2D eigenvalue weighted by atomic mass is 9.99. The molecule has 0 bridgehead atoms. The molecule has 1 aliphatic rings. The molecule has 0 aliphatic carbocycles. The Morgan fingerprint density at radius 3 is 2.44 bits per heavy atom. The summed E-state index contributed by atoms with van der Waals surface area (Å²) in [4.78, 5) is 2.52. The minimum absolute atomic E-state index is 0.902. The number of nitrogens with zero attached hydrogens (tertiary/aromatic N) is 1. The molecule has 0 aromatic heterocycles. The van der Waals surface area contributed by atoms with Crippen LogP contribution in [-0.4, -0.2) is 19.6 Å². The van der Waals surface area contributed by atoms with Gasteiger partial charge in [-0.05, 0) is 49.4 Å². The van der Waals surface area contributed by atoms with Gasteiger partial charge in [-0.2, -0.15) is 0 Å². The Balaban J connectivity index is 1.87. The lowest BCUT2D eigenvalue weighted by molar-refractivity contribution is 0.438. The molecule has 100 valence electrons. The molecule has 1 aromatic rings. The molecular weight excluding hydrogens is 220 g/mol. The van der Waals surface area contributed by atoms with Crippen LogP contribution in [0.3, 0.4) is 0 Å². The summed E-state index contributed by atoms with van der Waals surface area (Å²) >= 11 is 0. The number of benzene rings is 1. The Bertz CT molecular complexity index is 337. The van der Waals surface area contributed by atoms with Gasteiger partial charge in [0, 0.05) is 25.3 Å². The molecule has 0 atom stereocenters. The molecule has 0 saturated carbocycles. The molecule has 1 heterocycles. The average molecular weight is 246 g/mol. The van der Waals surface area contributed by atoms with Crippen LogP contribution in [0.5, 0.6) is 0 Å². The van der Waals surface area contributed by atoms with Crippen molar-refractivity contribution in [2.45, 2.75) is 39.7 Å². The van der Waals surface area contributed by atoms with Gasteiger partial charge in [-0.15, -0.1) is 0 Å². The number of piperidine rings is 1. The van der Waals surface area contributed by atoms with Crippen molar-refractivity contribution in [2.24, 2.45) is 5.92 Å². The SMILES string of the molecule is CCCNCc1ccc(N2CCC(C)CC2)cc1. The zero-order valence-electron chi connectivity index (χ0n) is 11.8. The lowest BCUT2D eigenvalue weighted by Crippen LogP contribution is -2.32. The minimum Gasteiger partial charge on any atom is -0.372 e. The molecule has 1 aliphatic heterocycles. The first-order chi connectivity index (χ1) is 8.79. The van der Waals surface area contributed by atoms with Crippen LogP contribution in [0.2, 0.25) is 0 Å². The molecule has 0 amide bonds. The van der Waals surface area contributed by atoms with Gasteiger partial charge < -0.3 is 10.2 Å². The lowest BCUT2D eigenvalue weighted by Gasteiger charge is -2.32. The Hall–Kier alpha value is -1.02. The molecule has 18 heavy (non-hydrogen) atoms. The van der Waals surface area contributed by atoms with Crippen molar-refractivity contribution in [3.05, 3.63) is 29.8 Å². The summed E-state index contributed by atoms with van der Waals surface area (Å²) in [5.41, 5.74) is 2.78. The molecule has 0 radical (unpaired) electrons. The van der Waals surface area contributed by atoms with Crippen molar-refractivity contribution in [3.63, 3.8) is 0 Å². The zero-order chi connectivity index (χ0) is 12.8. The minimum atomic E-state index is 0.902. The second-order valence-corrected chi connectivity index (χ2v) is 5.51. The van der Waals surface area contributed by atoms with Crippen molar-refractivity contribution in [1.29, 1.82) is 0 Å². The van der Waals surface area contributed by atoms with Gasteiger partial charge in [0.1, 0.15) is 0 Å². The van der Waals surface area contributed by atoms with Gasteiger partial charge in [-0.3, -0.25) is 0 Å². The van der Waals surface area contributed by atoms with E-state index in [9.17, 15) is 0 Å². The summed E-state index contributed by atoms with van der Waals surface area (Å²) in [7, 11) is 0. The van der Waals surface area contributed by atoms with Crippen molar-refractivity contribution >= 4 is 5.69 Å². The average Bonchev–Trinajstić information content (AvgIpc) is 2.41. The number of rotatable bonds is 5. The Kier molecular flexibility index (Phi) is 5.06. The standard InChI is InChI=1S/C16H26N2/c1-3-10-17-13-15-4-6-16(7-5-15)18-11-8-14(2)9-12-18/h4-7,14,17H,3,8-13H2,1-2H3. The third-order valence-corrected chi connectivity index (χ3v) is 3.84. The fourth-order valence-electron chi connectivity index (χ4n) is 2.50. The summed E-state index contributed by atoms with van der Waals surface area (Å²) in [6, 6.07) is 9.07. The molecular formula is C16H26N2. The van der Waals surface area contributed by atoms with Gasteiger partial charge in [0.15, 0.2) is 0 Å². The maximum Gasteiger partial charge on any atom is 0.0366 e. The molecule has 1 fully saturated rings. The largest absolute Gasteiger partial charge is 0.372 e. The summed E-state index contributed by atoms with van der Waals surface area (Å²) in [6.45, 7) is 9.09. The monoisotopic (exact) mass is 246 g/mol. The van der Waals surface area contributed by atoms with Crippen LogP contribution in [0.15, 0.2) is 24.3 Å². The van der Waals surface area contributed by atoms with Gasteiger partial charge in [0.25, 0.3) is 0 Å². The summed E-state index contributed by atoms with van der Waals surface area (Å²) in [6.07, 6.45) is 3.86. The van der Waals surface area contributed by atoms with E-state index in [1.54, 1.807) is 0 Å². The first-order valence-corrected chi connectivity index (χ1v) is 7.34. The summed E-state index contributed by atoms with van der Waals surface area (Å²) in [5, 5.41) is 3.44. The van der Waals surface area contributed by atoms with Crippen LogP contribution in [-0.2, 0) is 6.54 Å². The highest BCUT2D eigenvalue weighted by atomic mass is 15.1. The Labute approximate surface area is 111 Å². The highest BCUT2D eigenvalue weighted by molar-refractivity contribution is 5.47. The van der Waals surface area contributed by atoms with Crippen LogP contribution in [0.4, 0.5) is 5.69 Å². The normalized spacial score (nSPS) is 17.1. The maximum atomic E-state index is 3.44. The third kappa shape index (κ3) is 3.74. The van der Waals surface area contributed by atoms with E-state index in [0.717, 1.165) is 19.0 Å². The Morgan fingerprint density at radius 2 is 1.83 bits per heavy atom. The first kappa shape index (κ1) is 13.4. The van der Waals surface area contributed by atoms with Crippen molar-refractivity contribution in [3.8, 4) is 0 Å². The van der Waals surface area contributed by atoms with Gasteiger partial charge in [-0.25, -0.2) is 0 Å². The van der Waals surface area contributed by atoms with Crippen LogP contribution in [0, 0.1) is 5.92 Å². The Morgan fingerprint density at radius 1 is 1.17 bits per heavy atom. The highest BCUT2D eigenvalue weighted by Gasteiger charge is 2.15. The van der Waals surface area contributed by atoms with Gasteiger partial charge >= 0.3 is 0 Å². The van der Waals surface area contributed by atoms with E-state index in [4.69, 9.17) is 0 Å². The molecule has 1 aromatic carbocycles. The fraction of sp³-hybridized carbons (Fsp3) is 0.625. The second kappa shape index (κ2) is 6.79. The quantitative estimate of drug-likeness (QED) is 0.801. The van der Waals surface area contributed by atoms with Crippen LogP contribution < -0.4 is 10.2 Å². The predicted molar refractivity (Wildman–Crippen MR) is 79.1 cm³/mol. The zero-order valence-corrected chi connectivity index (χ0v) is 11.8. The second-order valence-electron chi connectivity index (χ2n) is 5.51. The van der Waals surface area contributed by atoms with Gasteiger partial charge in [-0.1, -0.05) is 26.0 Å². The van der Waals surface area contributed by atoms with Crippen LogP contribution >= 0.6 is 0 Å². The van der Waals surface area contributed by atoms with Gasteiger partial charge in [0.05, 0.1) is 0 Å². The molecule has 1 N–H and O–H groups in total. The van der Waals surface area contributed by atoms with Crippen LogP contribution in [0.1, 0.15) is 38.7 Å². The smallest absolute Gasteiger partial charge is 0.0366 e. The van der Waals surface area contributed by atoms with Crippen LogP contribution in [0.25, 0.3) is 0 Å². The number of hydrogen-bond acceptors (Lipinski definition) is 2. The highest BCUT2D eigenvalue weighted by Crippen LogP contribution is 2.23.